The molecule has 0 aromatic heterocycles. The molecule has 14 heavy (non-hydrogen) atoms. The molecule has 0 radical (unpaired) electrons. The second kappa shape index (κ2) is 6.09. The summed E-state index contributed by atoms with van der Waals surface area (Å²) in [4.78, 5) is 0. The second-order valence-electron chi connectivity index (χ2n) is 2.27. The monoisotopic (exact) mass is 288 g/mol. The third-order valence-corrected chi connectivity index (χ3v) is 2.12. The largest absolute Gasteiger partial charge is 1.00 e. The summed E-state index contributed by atoms with van der Waals surface area (Å²) in [5.41, 5.74) is 0. The topological polar surface area (TPSA) is 66.4 Å². The molecule has 0 heterocycles. The normalized spacial score (nSPS) is 10.4. The van der Waals surface area contributed by atoms with Gasteiger partial charge in [-0.25, -0.2) is 8.42 Å². The van der Waals surface area contributed by atoms with Crippen LogP contribution >= 0.6 is 15.9 Å². The fourth-order valence-electron chi connectivity index (χ4n) is 0.671. The van der Waals surface area contributed by atoms with Crippen LogP contribution in [0.3, 0.4) is 0 Å². The summed E-state index contributed by atoms with van der Waals surface area (Å²) in [5, 5.41) is 0. The molecule has 7 heteroatoms. The number of benzene rings is 1. The van der Waals surface area contributed by atoms with E-state index >= 15 is 0 Å². The minimum Gasteiger partial charge on any atom is -0.745 e. The fraction of sp³-hybridized carbons (Fsp3) is 0.143. The van der Waals surface area contributed by atoms with Gasteiger partial charge in [-0.1, -0.05) is 15.9 Å². The minimum absolute atomic E-state index is 0. The van der Waals surface area contributed by atoms with E-state index in [0.29, 0.717) is 5.75 Å². The molecule has 0 bridgehead atoms. The zero-order valence-corrected chi connectivity index (χ0v) is 11.8. The molecule has 1 aromatic rings. The SMILES string of the molecule is O=S(=O)([O-])COc1ccc(Br)cc1.[Na+]. The van der Waals surface area contributed by atoms with E-state index in [1.54, 1.807) is 24.3 Å². The van der Waals surface area contributed by atoms with Crippen molar-refractivity contribution in [2.45, 2.75) is 0 Å². The molecule has 0 aliphatic rings. The van der Waals surface area contributed by atoms with Crippen molar-refractivity contribution in [2.75, 3.05) is 5.94 Å². The summed E-state index contributed by atoms with van der Waals surface area (Å²) in [7, 11) is -4.32. The molecule has 0 aliphatic heterocycles. The van der Waals surface area contributed by atoms with Gasteiger partial charge >= 0.3 is 29.6 Å². The van der Waals surface area contributed by atoms with Gasteiger partial charge in [0.15, 0.2) is 5.94 Å². The summed E-state index contributed by atoms with van der Waals surface area (Å²) in [5.74, 6) is -0.489. The molecule has 0 amide bonds. The smallest absolute Gasteiger partial charge is 0.745 e. The molecule has 72 valence electrons. The number of ether oxygens (including phenoxy) is 1. The second-order valence-corrected chi connectivity index (χ2v) is 4.54. The average Bonchev–Trinajstić information content (AvgIpc) is 2.02. The molecule has 0 atom stereocenters. The van der Waals surface area contributed by atoms with Gasteiger partial charge in [0, 0.05) is 4.47 Å². The standard InChI is InChI=1S/C7H7BrO4S.Na/c8-6-1-3-7(4-2-6)12-5-13(9,10)11;/h1-4H,5H2,(H,9,10,11);/q;+1/p-1. The van der Waals surface area contributed by atoms with Crippen LogP contribution in [0.25, 0.3) is 0 Å². The number of halogens is 1. The van der Waals surface area contributed by atoms with E-state index in [9.17, 15) is 13.0 Å². The van der Waals surface area contributed by atoms with Crippen molar-refractivity contribution in [3.8, 4) is 5.75 Å². The van der Waals surface area contributed by atoms with Gasteiger partial charge in [0.1, 0.15) is 15.9 Å². The van der Waals surface area contributed by atoms with E-state index in [2.05, 4.69) is 15.9 Å². The Balaban J connectivity index is 0.00000169. The molecule has 1 aromatic carbocycles. The zero-order valence-electron chi connectivity index (χ0n) is 7.44. The Hall–Kier alpha value is 0.410. The molecule has 4 nitrogen and oxygen atoms in total. The van der Waals surface area contributed by atoms with Crippen LogP contribution in [0.2, 0.25) is 0 Å². The Bertz CT molecular complexity index is 375. The Morgan fingerprint density at radius 3 is 2.21 bits per heavy atom. The fourth-order valence-corrected chi connectivity index (χ4v) is 1.22. The van der Waals surface area contributed by atoms with Crippen LogP contribution in [0, 0.1) is 0 Å². The van der Waals surface area contributed by atoms with Gasteiger partial charge in [-0.15, -0.1) is 0 Å². The van der Waals surface area contributed by atoms with Crippen molar-refractivity contribution in [3.05, 3.63) is 28.7 Å². The van der Waals surface area contributed by atoms with Crippen LogP contribution in [0.1, 0.15) is 0 Å². The Kier molecular flexibility index (Phi) is 6.27. The third kappa shape index (κ3) is 6.00. The Labute approximate surface area is 113 Å². The van der Waals surface area contributed by atoms with E-state index in [-0.39, 0.29) is 29.6 Å². The summed E-state index contributed by atoms with van der Waals surface area (Å²) in [6.07, 6.45) is 0. The van der Waals surface area contributed by atoms with Crippen molar-refractivity contribution in [2.24, 2.45) is 0 Å². The molecule has 1 rings (SSSR count). The molecular weight excluding hydrogens is 283 g/mol. The molecular formula is C7H6BrNaO4S. The maximum Gasteiger partial charge on any atom is 1.00 e. The first-order chi connectivity index (χ1) is 5.97. The van der Waals surface area contributed by atoms with E-state index in [1.165, 1.54) is 0 Å². The van der Waals surface area contributed by atoms with Crippen LogP contribution in [0.5, 0.6) is 5.75 Å². The molecule has 0 saturated heterocycles. The van der Waals surface area contributed by atoms with Gasteiger partial charge in [0.2, 0.25) is 0 Å². The van der Waals surface area contributed by atoms with Crippen molar-refractivity contribution >= 4 is 26.0 Å². The van der Waals surface area contributed by atoms with Crippen LogP contribution < -0.4 is 34.3 Å². The first kappa shape index (κ1) is 14.4. The van der Waals surface area contributed by atoms with Gasteiger partial charge in [-0.05, 0) is 24.3 Å². The quantitative estimate of drug-likeness (QED) is 0.493. The van der Waals surface area contributed by atoms with E-state index in [4.69, 9.17) is 4.74 Å². The van der Waals surface area contributed by atoms with Crippen molar-refractivity contribution < 1.29 is 47.3 Å². The van der Waals surface area contributed by atoms with Crippen LogP contribution in [-0.4, -0.2) is 18.9 Å². The maximum absolute atomic E-state index is 10.2. The summed E-state index contributed by atoms with van der Waals surface area (Å²) >= 11 is 3.20. The number of rotatable bonds is 3. The minimum atomic E-state index is -4.32. The van der Waals surface area contributed by atoms with Crippen molar-refractivity contribution in [3.63, 3.8) is 0 Å². The van der Waals surface area contributed by atoms with Gasteiger partial charge in [0.25, 0.3) is 0 Å². The Morgan fingerprint density at radius 1 is 1.29 bits per heavy atom. The molecule has 0 saturated carbocycles. The molecule has 0 spiro atoms. The van der Waals surface area contributed by atoms with E-state index < -0.39 is 16.1 Å². The summed E-state index contributed by atoms with van der Waals surface area (Å²) in [6.45, 7) is 0. The van der Waals surface area contributed by atoms with E-state index in [0.717, 1.165) is 4.47 Å². The first-order valence-corrected chi connectivity index (χ1v) is 5.66. The predicted molar refractivity (Wildman–Crippen MR) is 49.3 cm³/mol. The molecule has 0 fully saturated rings. The molecule has 0 N–H and O–H groups in total. The van der Waals surface area contributed by atoms with E-state index in [1.807, 2.05) is 0 Å². The maximum atomic E-state index is 10.2. The summed E-state index contributed by atoms with van der Waals surface area (Å²) < 4.78 is 36.1. The number of hydrogen-bond acceptors (Lipinski definition) is 4. The molecule has 0 unspecified atom stereocenters. The predicted octanol–water partition coefficient (Wildman–Crippen LogP) is -1.67. The molecule has 0 aliphatic carbocycles. The van der Waals surface area contributed by atoms with Crippen LogP contribution in [0.4, 0.5) is 0 Å². The first-order valence-electron chi connectivity index (χ1n) is 3.29. The van der Waals surface area contributed by atoms with Crippen LogP contribution in [0.15, 0.2) is 28.7 Å². The van der Waals surface area contributed by atoms with Crippen LogP contribution in [-0.2, 0) is 10.1 Å². The van der Waals surface area contributed by atoms with Crippen molar-refractivity contribution in [1.29, 1.82) is 0 Å². The van der Waals surface area contributed by atoms with Gasteiger partial charge in [0.05, 0.1) is 0 Å². The number of hydrogen-bond donors (Lipinski definition) is 0. The van der Waals surface area contributed by atoms with Gasteiger partial charge in [-0.2, -0.15) is 0 Å². The summed E-state index contributed by atoms with van der Waals surface area (Å²) in [6, 6.07) is 6.50. The average molecular weight is 289 g/mol. The third-order valence-electron chi connectivity index (χ3n) is 1.18. The van der Waals surface area contributed by atoms with Crippen molar-refractivity contribution in [1.82, 2.24) is 0 Å². The zero-order chi connectivity index (χ0) is 9.90. The van der Waals surface area contributed by atoms with Gasteiger partial charge in [-0.3, -0.25) is 0 Å². The Morgan fingerprint density at radius 2 is 1.79 bits per heavy atom. The van der Waals surface area contributed by atoms with Gasteiger partial charge < -0.3 is 9.29 Å².